The van der Waals surface area contributed by atoms with Crippen LogP contribution in [0.25, 0.3) is 0 Å². The molecule has 1 saturated carbocycles. The first-order chi connectivity index (χ1) is 10.6. The van der Waals surface area contributed by atoms with Gasteiger partial charge >= 0.3 is 0 Å². The minimum atomic E-state index is -0.854. The SMILES string of the molecule is CCN(CC)CCC1(C(=O)[O-])CCCCC1c1ccccc1.Cl. The Labute approximate surface area is 146 Å². The van der Waals surface area contributed by atoms with E-state index in [0.29, 0.717) is 6.42 Å². The van der Waals surface area contributed by atoms with Gasteiger partial charge in [-0.3, -0.25) is 0 Å². The molecule has 130 valence electrons. The maximum atomic E-state index is 12.1. The number of carbonyl (C=O) groups is 1. The van der Waals surface area contributed by atoms with E-state index in [-0.39, 0.29) is 18.3 Å². The highest BCUT2D eigenvalue weighted by Crippen LogP contribution is 2.49. The van der Waals surface area contributed by atoms with Crippen molar-refractivity contribution >= 4 is 18.4 Å². The van der Waals surface area contributed by atoms with E-state index in [0.717, 1.165) is 50.9 Å². The molecule has 0 saturated heterocycles. The quantitative estimate of drug-likeness (QED) is 0.766. The lowest BCUT2D eigenvalue weighted by Crippen LogP contribution is -2.49. The average molecular weight is 339 g/mol. The number of carbonyl (C=O) groups excluding carboxylic acids is 1. The van der Waals surface area contributed by atoms with E-state index in [2.05, 4.69) is 30.9 Å². The van der Waals surface area contributed by atoms with Crippen molar-refractivity contribution in [3.05, 3.63) is 35.9 Å². The van der Waals surface area contributed by atoms with Crippen molar-refractivity contribution in [3.63, 3.8) is 0 Å². The normalized spacial score (nSPS) is 24.2. The molecular formula is C19H29ClNO2-. The first kappa shape index (κ1) is 20.0. The Hall–Kier alpha value is -1.06. The minimum Gasteiger partial charge on any atom is -0.550 e. The van der Waals surface area contributed by atoms with E-state index >= 15 is 0 Å². The predicted molar refractivity (Wildman–Crippen MR) is 94.7 cm³/mol. The van der Waals surface area contributed by atoms with Crippen molar-refractivity contribution in [2.75, 3.05) is 19.6 Å². The first-order valence-corrected chi connectivity index (χ1v) is 8.62. The van der Waals surface area contributed by atoms with Crippen LogP contribution in [0.15, 0.2) is 30.3 Å². The van der Waals surface area contributed by atoms with Gasteiger partial charge in [-0.25, -0.2) is 0 Å². The number of benzene rings is 1. The fraction of sp³-hybridized carbons (Fsp3) is 0.632. The van der Waals surface area contributed by atoms with Gasteiger partial charge in [0.2, 0.25) is 0 Å². The fourth-order valence-electron chi connectivity index (χ4n) is 3.95. The Morgan fingerprint density at radius 1 is 1.22 bits per heavy atom. The molecule has 0 N–H and O–H groups in total. The lowest BCUT2D eigenvalue weighted by atomic mass is 9.62. The van der Waals surface area contributed by atoms with Crippen LogP contribution in [0.3, 0.4) is 0 Å². The summed E-state index contributed by atoms with van der Waals surface area (Å²) in [5.74, 6) is -0.767. The molecule has 1 fully saturated rings. The van der Waals surface area contributed by atoms with Crippen LogP contribution >= 0.6 is 12.4 Å². The third-order valence-electron chi connectivity index (χ3n) is 5.41. The summed E-state index contributed by atoms with van der Waals surface area (Å²) in [7, 11) is 0. The fourth-order valence-corrected chi connectivity index (χ4v) is 3.95. The van der Waals surface area contributed by atoms with Gasteiger partial charge in [0.25, 0.3) is 0 Å². The lowest BCUT2D eigenvalue weighted by molar-refractivity contribution is -0.322. The summed E-state index contributed by atoms with van der Waals surface area (Å²) in [4.78, 5) is 14.4. The van der Waals surface area contributed by atoms with E-state index in [9.17, 15) is 9.90 Å². The van der Waals surface area contributed by atoms with Crippen molar-refractivity contribution in [1.82, 2.24) is 4.90 Å². The summed E-state index contributed by atoms with van der Waals surface area (Å²) in [6.45, 7) is 7.03. The van der Waals surface area contributed by atoms with Crippen molar-refractivity contribution in [2.45, 2.75) is 51.9 Å². The molecule has 0 aromatic heterocycles. The summed E-state index contributed by atoms with van der Waals surface area (Å²) in [5, 5.41) is 12.1. The molecule has 3 nitrogen and oxygen atoms in total. The van der Waals surface area contributed by atoms with Crippen LogP contribution in [0.4, 0.5) is 0 Å². The van der Waals surface area contributed by atoms with Crippen molar-refractivity contribution < 1.29 is 9.90 Å². The Morgan fingerprint density at radius 3 is 2.43 bits per heavy atom. The zero-order chi connectivity index (χ0) is 16.0. The molecule has 2 unspecified atom stereocenters. The topological polar surface area (TPSA) is 43.4 Å². The monoisotopic (exact) mass is 338 g/mol. The second-order valence-corrected chi connectivity index (χ2v) is 6.43. The predicted octanol–water partition coefficient (Wildman–Crippen LogP) is 3.23. The van der Waals surface area contributed by atoms with Gasteiger partial charge in [-0.2, -0.15) is 0 Å². The molecule has 1 aliphatic carbocycles. The molecule has 0 bridgehead atoms. The van der Waals surface area contributed by atoms with Crippen LogP contribution in [-0.2, 0) is 4.79 Å². The third-order valence-corrected chi connectivity index (χ3v) is 5.41. The molecule has 23 heavy (non-hydrogen) atoms. The van der Waals surface area contributed by atoms with Gasteiger partial charge < -0.3 is 14.8 Å². The van der Waals surface area contributed by atoms with Gasteiger partial charge in [0.15, 0.2) is 0 Å². The molecule has 0 heterocycles. The summed E-state index contributed by atoms with van der Waals surface area (Å²) in [6, 6.07) is 10.2. The van der Waals surface area contributed by atoms with Crippen LogP contribution in [0.1, 0.15) is 57.4 Å². The van der Waals surface area contributed by atoms with E-state index in [1.165, 1.54) is 0 Å². The third kappa shape index (κ3) is 4.48. The van der Waals surface area contributed by atoms with E-state index in [1.807, 2.05) is 18.2 Å². The molecule has 0 amide bonds. The van der Waals surface area contributed by atoms with Gasteiger partial charge in [-0.15, -0.1) is 12.4 Å². The van der Waals surface area contributed by atoms with Crippen molar-refractivity contribution in [3.8, 4) is 0 Å². The Morgan fingerprint density at radius 2 is 1.87 bits per heavy atom. The molecule has 0 radical (unpaired) electrons. The van der Waals surface area contributed by atoms with Crippen LogP contribution in [0, 0.1) is 5.41 Å². The maximum absolute atomic E-state index is 12.1. The number of carboxylic acid groups (broad SMARTS) is 1. The minimum absolute atomic E-state index is 0. The number of nitrogens with zero attached hydrogens (tertiary/aromatic N) is 1. The number of carboxylic acids is 1. The van der Waals surface area contributed by atoms with Crippen LogP contribution in [-0.4, -0.2) is 30.5 Å². The molecule has 2 rings (SSSR count). The summed E-state index contributed by atoms with van der Waals surface area (Å²) in [5.41, 5.74) is 0.452. The van der Waals surface area contributed by atoms with E-state index in [1.54, 1.807) is 0 Å². The van der Waals surface area contributed by atoms with Gasteiger partial charge in [0.05, 0.1) is 0 Å². The van der Waals surface area contributed by atoms with Crippen LogP contribution < -0.4 is 5.11 Å². The summed E-state index contributed by atoms with van der Waals surface area (Å²) >= 11 is 0. The summed E-state index contributed by atoms with van der Waals surface area (Å²) in [6.07, 6.45) is 4.50. The highest BCUT2D eigenvalue weighted by Gasteiger charge is 2.42. The molecule has 1 aromatic rings. The van der Waals surface area contributed by atoms with Crippen molar-refractivity contribution in [1.29, 1.82) is 0 Å². The van der Waals surface area contributed by atoms with E-state index in [4.69, 9.17) is 0 Å². The Kier molecular flexibility index (Phi) is 8.07. The van der Waals surface area contributed by atoms with Crippen LogP contribution in [0.5, 0.6) is 0 Å². The Bertz CT molecular complexity index is 476. The second-order valence-electron chi connectivity index (χ2n) is 6.43. The first-order valence-electron chi connectivity index (χ1n) is 8.62. The summed E-state index contributed by atoms with van der Waals surface area (Å²) < 4.78 is 0. The standard InChI is InChI=1S/C19H29NO2.ClH/c1-3-20(4-2)15-14-19(18(21)22)13-9-8-12-17(19)16-10-6-5-7-11-16;/h5-7,10-11,17H,3-4,8-9,12-15H2,1-2H3,(H,21,22);1H/p-1. The molecule has 4 heteroatoms. The zero-order valence-corrected chi connectivity index (χ0v) is 15.1. The number of hydrogen-bond acceptors (Lipinski definition) is 3. The second kappa shape index (κ2) is 9.29. The largest absolute Gasteiger partial charge is 0.550 e. The molecule has 0 aliphatic heterocycles. The molecular weight excluding hydrogens is 310 g/mol. The molecule has 1 aromatic carbocycles. The number of aliphatic carboxylic acids is 1. The highest BCUT2D eigenvalue weighted by atomic mass is 35.5. The van der Waals surface area contributed by atoms with Gasteiger partial charge in [-0.05, 0) is 50.4 Å². The molecule has 2 atom stereocenters. The lowest BCUT2D eigenvalue weighted by Gasteiger charge is -2.46. The maximum Gasteiger partial charge on any atom is 0.0482 e. The number of halogens is 1. The zero-order valence-electron chi connectivity index (χ0n) is 14.3. The number of hydrogen-bond donors (Lipinski definition) is 0. The molecule has 0 spiro atoms. The number of rotatable bonds is 7. The smallest absolute Gasteiger partial charge is 0.0482 e. The average Bonchev–Trinajstić information content (AvgIpc) is 2.56. The van der Waals surface area contributed by atoms with E-state index < -0.39 is 11.4 Å². The van der Waals surface area contributed by atoms with Gasteiger partial charge in [0.1, 0.15) is 0 Å². The van der Waals surface area contributed by atoms with Crippen LogP contribution in [0.2, 0.25) is 0 Å². The van der Waals surface area contributed by atoms with Gasteiger partial charge in [0, 0.05) is 11.4 Å². The molecule has 1 aliphatic rings. The highest BCUT2D eigenvalue weighted by molar-refractivity contribution is 5.85. The van der Waals surface area contributed by atoms with Gasteiger partial charge in [-0.1, -0.05) is 57.0 Å². The van der Waals surface area contributed by atoms with Crippen molar-refractivity contribution in [2.24, 2.45) is 5.41 Å². The Balaban J connectivity index is 0.00000264.